The van der Waals surface area contributed by atoms with E-state index in [2.05, 4.69) is 31.4 Å². The van der Waals surface area contributed by atoms with E-state index in [-0.39, 0.29) is 23.8 Å². The molecule has 2 aromatic rings. The van der Waals surface area contributed by atoms with Crippen molar-refractivity contribution in [1.29, 1.82) is 0 Å². The van der Waals surface area contributed by atoms with Crippen molar-refractivity contribution in [1.82, 2.24) is 10.2 Å². The Morgan fingerprint density at radius 3 is 1.93 bits per heavy atom. The number of hydrogen-bond acceptors (Lipinski definition) is 4. The summed E-state index contributed by atoms with van der Waals surface area (Å²) in [6, 6.07) is 11.7. The molecule has 2 aromatic carbocycles. The van der Waals surface area contributed by atoms with Gasteiger partial charge in [0.15, 0.2) is 0 Å². The van der Waals surface area contributed by atoms with Crippen molar-refractivity contribution in [2.45, 2.75) is 119 Å². The molecule has 3 amide bonds. The summed E-state index contributed by atoms with van der Waals surface area (Å²) >= 11 is 0. The van der Waals surface area contributed by atoms with Crippen molar-refractivity contribution in [3.8, 4) is 0 Å². The van der Waals surface area contributed by atoms with E-state index in [9.17, 15) is 14.4 Å². The van der Waals surface area contributed by atoms with E-state index < -0.39 is 23.8 Å². The van der Waals surface area contributed by atoms with Gasteiger partial charge in [-0.05, 0) is 94.9 Å². The van der Waals surface area contributed by atoms with Crippen molar-refractivity contribution < 1.29 is 19.1 Å². The smallest absolute Gasteiger partial charge is 0.408 e. The highest BCUT2D eigenvalue weighted by molar-refractivity contribution is 6.00. The second-order valence-corrected chi connectivity index (χ2v) is 13.2. The van der Waals surface area contributed by atoms with Crippen LogP contribution in [0.25, 0.3) is 0 Å². The molecule has 7 heteroatoms. The molecule has 0 bridgehead atoms. The number of carbonyl (C=O) groups is 3. The van der Waals surface area contributed by atoms with Gasteiger partial charge in [0.05, 0.1) is 0 Å². The van der Waals surface area contributed by atoms with Crippen molar-refractivity contribution in [3.63, 3.8) is 0 Å². The van der Waals surface area contributed by atoms with Crippen LogP contribution in [-0.4, -0.2) is 40.5 Å². The molecule has 0 saturated carbocycles. The van der Waals surface area contributed by atoms with Crippen LogP contribution in [0.15, 0.2) is 42.5 Å². The largest absolute Gasteiger partial charge is 0.444 e. The number of para-hydroxylation sites is 1. The summed E-state index contributed by atoms with van der Waals surface area (Å²) in [6.45, 7) is 21.4. The molecular weight excluding hydrogens is 526 g/mol. The summed E-state index contributed by atoms with van der Waals surface area (Å²) < 4.78 is 5.51. The van der Waals surface area contributed by atoms with Gasteiger partial charge < -0.3 is 20.3 Å². The minimum absolute atomic E-state index is 0.241. The van der Waals surface area contributed by atoms with Crippen LogP contribution in [0.2, 0.25) is 0 Å². The zero-order valence-electron chi connectivity index (χ0n) is 27.6. The standard InChI is InChI=1S/C35H53N3O4/c1-12-27-18-20-28(21-19-27)31(32(39)36-30-24(6)14-13-15-25(30)7)38(26(8)17-16-22(2)3)33(40)29(23(4)5)37-34(41)42-35(9,10)11/h13-15,18-23,26,29,31H,12,16-17H2,1-11H3,(H,36,39)(H,37,41). The predicted octanol–water partition coefficient (Wildman–Crippen LogP) is 7.75. The van der Waals surface area contributed by atoms with Crippen LogP contribution in [0.1, 0.15) is 103 Å². The van der Waals surface area contributed by atoms with Gasteiger partial charge in [0.1, 0.15) is 17.7 Å². The quantitative estimate of drug-likeness (QED) is 0.269. The first-order valence-corrected chi connectivity index (χ1v) is 15.3. The molecule has 2 N–H and O–H groups in total. The van der Waals surface area contributed by atoms with E-state index >= 15 is 0 Å². The van der Waals surface area contributed by atoms with Crippen molar-refractivity contribution in [3.05, 3.63) is 64.7 Å². The first-order valence-electron chi connectivity index (χ1n) is 15.3. The SMILES string of the molecule is CCc1ccc(C(C(=O)Nc2c(C)cccc2C)N(C(=O)C(NC(=O)OC(C)(C)C)C(C)C)C(C)CCC(C)C)cc1. The van der Waals surface area contributed by atoms with Crippen LogP contribution in [0.3, 0.4) is 0 Å². The fourth-order valence-corrected chi connectivity index (χ4v) is 5.00. The number of carbonyl (C=O) groups excluding carboxylic acids is 3. The average Bonchev–Trinajstić information content (AvgIpc) is 2.89. The minimum atomic E-state index is -0.911. The Balaban J connectivity index is 2.67. The van der Waals surface area contributed by atoms with E-state index in [4.69, 9.17) is 4.74 Å². The van der Waals surface area contributed by atoms with E-state index in [0.29, 0.717) is 12.3 Å². The average molecular weight is 580 g/mol. The predicted molar refractivity (Wildman–Crippen MR) is 171 cm³/mol. The molecule has 0 fully saturated rings. The molecule has 0 spiro atoms. The van der Waals surface area contributed by atoms with Gasteiger partial charge in [-0.1, -0.05) is 77.1 Å². The lowest BCUT2D eigenvalue weighted by atomic mass is 9.94. The Labute approximate surface area is 253 Å². The van der Waals surface area contributed by atoms with Crippen molar-refractivity contribution in [2.24, 2.45) is 11.8 Å². The van der Waals surface area contributed by atoms with Gasteiger partial charge in [-0.2, -0.15) is 0 Å². The molecule has 0 radical (unpaired) electrons. The highest BCUT2D eigenvalue weighted by Crippen LogP contribution is 2.31. The molecule has 7 nitrogen and oxygen atoms in total. The van der Waals surface area contributed by atoms with Gasteiger partial charge in [0, 0.05) is 11.7 Å². The highest BCUT2D eigenvalue weighted by atomic mass is 16.6. The number of benzene rings is 2. The lowest BCUT2D eigenvalue weighted by Gasteiger charge is -2.39. The first-order chi connectivity index (χ1) is 19.5. The summed E-state index contributed by atoms with van der Waals surface area (Å²) in [5.74, 6) is -0.417. The van der Waals surface area contributed by atoms with E-state index in [1.54, 1.807) is 25.7 Å². The maximum absolute atomic E-state index is 14.6. The summed E-state index contributed by atoms with van der Waals surface area (Å²) in [4.78, 5) is 43.5. The molecule has 232 valence electrons. The van der Waals surface area contributed by atoms with Gasteiger partial charge in [-0.25, -0.2) is 4.79 Å². The monoisotopic (exact) mass is 579 g/mol. The van der Waals surface area contributed by atoms with Gasteiger partial charge in [-0.15, -0.1) is 0 Å². The molecule has 0 aliphatic carbocycles. The fraction of sp³-hybridized carbons (Fsp3) is 0.571. The van der Waals surface area contributed by atoms with Gasteiger partial charge in [-0.3, -0.25) is 9.59 Å². The topological polar surface area (TPSA) is 87.7 Å². The number of rotatable bonds is 12. The summed E-state index contributed by atoms with van der Waals surface area (Å²) in [7, 11) is 0. The molecular formula is C35H53N3O4. The molecule has 0 heterocycles. The Kier molecular flexibility index (Phi) is 12.6. The Bertz CT molecular complexity index is 1180. The molecule has 42 heavy (non-hydrogen) atoms. The molecule has 3 unspecified atom stereocenters. The number of aryl methyl sites for hydroxylation is 3. The van der Waals surface area contributed by atoms with Crippen molar-refractivity contribution in [2.75, 3.05) is 5.32 Å². The zero-order chi connectivity index (χ0) is 31.8. The molecule has 0 aliphatic rings. The second kappa shape index (κ2) is 15.2. The van der Waals surface area contributed by atoms with Crippen LogP contribution in [0.5, 0.6) is 0 Å². The Morgan fingerprint density at radius 2 is 1.45 bits per heavy atom. The third kappa shape index (κ3) is 9.88. The number of anilines is 1. The van der Waals surface area contributed by atoms with Gasteiger partial charge >= 0.3 is 6.09 Å². The van der Waals surface area contributed by atoms with Crippen LogP contribution in [0, 0.1) is 25.7 Å². The summed E-state index contributed by atoms with van der Waals surface area (Å²) in [6.07, 6.45) is 1.80. The number of alkyl carbamates (subject to hydrolysis) is 1. The molecule has 0 saturated heterocycles. The number of amides is 3. The number of ether oxygens (including phenoxy) is 1. The van der Waals surface area contributed by atoms with Gasteiger partial charge in [0.25, 0.3) is 5.91 Å². The normalized spacial score (nSPS) is 13.8. The number of hydrogen-bond donors (Lipinski definition) is 2. The fourth-order valence-electron chi connectivity index (χ4n) is 5.00. The lowest BCUT2D eigenvalue weighted by Crippen LogP contribution is -2.56. The van der Waals surface area contributed by atoms with Crippen LogP contribution >= 0.6 is 0 Å². The maximum atomic E-state index is 14.6. The van der Waals surface area contributed by atoms with E-state index in [1.807, 2.05) is 77.1 Å². The molecule has 0 aromatic heterocycles. The highest BCUT2D eigenvalue weighted by Gasteiger charge is 2.40. The van der Waals surface area contributed by atoms with E-state index in [0.717, 1.165) is 40.8 Å². The first kappa shape index (κ1) is 34.8. The van der Waals surface area contributed by atoms with E-state index in [1.165, 1.54) is 0 Å². The molecule has 3 atom stereocenters. The Hall–Kier alpha value is -3.35. The minimum Gasteiger partial charge on any atom is -0.444 e. The lowest BCUT2D eigenvalue weighted by molar-refractivity contribution is -0.144. The van der Waals surface area contributed by atoms with Crippen LogP contribution in [0.4, 0.5) is 10.5 Å². The van der Waals surface area contributed by atoms with Gasteiger partial charge in [0.2, 0.25) is 5.91 Å². The van der Waals surface area contributed by atoms with Crippen LogP contribution < -0.4 is 10.6 Å². The maximum Gasteiger partial charge on any atom is 0.408 e. The third-order valence-corrected chi connectivity index (χ3v) is 7.46. The summed E-state index contributed by atoms with van der Waals surface area (Å²) in [5, 5.41) is 5.98. The Morgan fingerprint density at radius 1 is 0.881 bits per heavy atom. The third-order valence-electron chi connectivity index (χ3n) is 7.46. The second-order valence-electron chi connectivity index (χ2n) is 13.2. The zero-order valence-corrected chi connectivity index (χ0v) is 27.6. The number of nitrogens with zero attached hydrogens (tertiary/aromatic N) is 1. The molecule has 2 rings (SSSR count). The van der Waals surface area contributed by atoms with Crippen LogP contribution in [-0.2, 0) is 20.7 Å². The van der Waals surface area contributed by atoms with Crippen molar-refractivity contribution >= 4 is 23.6 Å². The summed E-state index contributed by atoms with van der Waals surface area (Å²) in [5.41, 5.74) is 3.78. The number of nitrogens with one attached hydrogen (secondary N) is 2. The molecule has 0 aliphatic heterocycles.